The minimum Gasteiger partial charge on any atom is -0.495 e. The van der Waals surface area contributed by atoms with Gasteiger partial charge in [-0.1, -0.05) is 12.8 Å². The lowest BCUT2D eigenvalue weighted by atomic mass is 10.2. The molecular weight excluding hydrogens is 402 g/mol. The van der Waals surface area contributed by atoms with Crippen molar-refractivity contribution in [3.05, 3.63) is 42.7 Å². The molecule has 152 valence electrons. The third kappa shape index (κ3) is 4.45. The summed E-state index contributed by atoms with van der Waals surface area (Å²) in [4.78, 5) is 3.81. The summed E-state index contributed by atoms with van der Waals surface area (Å²) in [5.41, 5.74) is 0.0576. The molecule has 28 heavy (non-hydrogen) atoms. The van der Waals surface area contributed by atoms with Crippen molar-refractivity contribution in [2.45, 2.75) is 35.5 Å². The van der Waals surface area contributed by atoms with Gasteiger partial charge in [-0.2, -0.15) is 4.31 Å². The molecule has 0 bridgehead atoms. The number of nitrogens with one attached hydrogen (secondary N) is 1. The number of anilines is 1. The van der Waals surface area contributed by atoms with E-state index in [2.05, 4.69) is 9.71 Å². The first-order valence-electron chi connectivity index (χ1n) is 8.95. The fourth-order valence-electron chi connectivity index (χ4n) is 3.07. The second-order valence-corrected chi connectivity index (χ2v) is 10.1. The van der Waals surface area contributed by atoms with Crippen LogP contribution in [0.2, 0.25) is 0 Å². The van der Waals surface area contributed by atoms with Crippen molar-refractivity contribution in [1.82, 2.24) is 9.29 Å². The number of pyridine rings is 1. The highest BCUT2D eigenvalue weighted by molar-refractivity contribution is 7.92. The van der Waals surface area contributed by atoms with Gasteiger partial charge < -0.3 is 4.74 Å². The molecule has 1 fully saturated rings. The zero-order chi connectivity index (χ0) is 20.2. The molecule has 0 aliphatic carbocycles. The molecule has 8 nitrogen and oxygen atoms in total. The molecule has 0 spiro atoms. The van der Waals surface area contributed by atoms with E-state index in [1.165, 1.54) is 54.1 Å². The molecule has 1 aromatic carbocycles. The van der Waals surface area contributed by atoms with Gasteiger partial charge in [0.2, 0.25) is 10.0 Å². The summed E-state index contributed by atoms with van der Waals surface area (Å²) in [6.07, 6.45) is 6.32. The fourth-order valence-corrected chi connectivity index (χ4v) is 5.64. The van der Waals surface area contributed by atoms with E-state index in [1.807, 2.05) is 0 Å². The standard InChI is InChI=1S/C18H23N3O5S2/c1-26-18-9-8-15(28(24,25)21-11-4-2-3-5-12-21)13-17(18)20-27(22,23)16-7-6-10-19-14-16/h6-10,13-14,20H,2-5,11-12H2,1H3. The third-order valence-corrected chi connectivity index (χ3v) is 7.81. The smallest absolute Gasteiger partial charge is 0.263 e. The van der Waals surface area contributed by atoms with Gasteiger partial charge in [-0.15, -0.1) is 0 Å². The van der Waals surface area contributed by atoms with E-state index in [9.17, 15) is 16.8 Å². The first-order chi connectivity index (χ1) is 13.3. The summed E-state index contributed by atoms with van der Waals surface area (Å²) in [5, 5.41) is 0. The second-order valence-electron chi connectivity index (χ2n) is 6.47. The van der Waals surface area contributed by atoms with E-state index < -0.39 is 20.0 Å². The molecule has 2 heterocycles. The summed E-state index contributed by atoms with van der Waals surface area (Å²) in [6, 6.07) is 7.09. The van der Waals surface area contributed by atoms with Crippen LogP contribution in [-0.2, 0) is 20.0 Å². The van der Waals surface area contributed by atoms with Gasteiger partial charge in [0.25, 0.3) is 10.0 Å². The third-order valence-electron chi connectivity index (χ3n) is 4.56. The van der Waals surface area contributed by atoms with Gasteiger partial charge in [0.05, 0.1) is 17.7 Å². The molecule has 0 atom stereocenters. The molecule has 0 amide bonds. The Bertz CT molecular complexity index is 1020. The van der Waals surface area contributed by atoms with Crippen LogP contribution in [0.4, 0.5) is 5.69 Å². The Balaban J connectivity index is 1.96. The molecule has 0 saturated carbocycles. The molecule has 1 aliphatic rings. The predicted octanol–water partition coefficient (Wildman–Crippen LogP) is 2.46. The predicted molar refractivity (Wildman–Crippen MR) is 105 cm³/mol. The van der Waals surface area contributed by atoms with Gasteiger partial charge in [0.15, 0.2) is 0 Å². The maximum absolute atomic E-state index is 13.0. The minimum atomic E-state index is -3.94. The van der Waals surface area contributed by atoms with Crippen molar-refractivity contribution in [3.8, 4) is 5.75 Å². The zero-order valence-corrected chi connectivity index (χ0v) is 17.2. The van der Waals surface area contributed by atoms with Gasteiger partial charge >= 0.3 is 0 Å². The second kappa shape index (κ2) is 8.46. The first-order valence-corrected chi connectivity index (χ1v) is 11.9. The number of rotatable bonds is 6. The molecule has 1 aliphatic heterocycles. The van der Waals surface area contributed by atoms with Crippen LogP contribution in [-0.4, -0.2) is 46.3 Å². The van der Waals surface area contributed by atoms with Crippen molar-refractivity contribution in [1.29, 1.82) is 0 Å². The molecule has 1 aromatic heterocycles. The van der Waals surface area contributed by atoms with Crippen LogP contribution in [0.3, 0.4) is 0 Å². The number of nitrogens with zero attached hydrogens (tertiary/aromatic N) is 2. The molecule has 2 aromatic rings. The Morgan fingerprint density at radius 3 is 2.32 bits per heavy atom. The molecule has 0 unspecified atom stereocenters. The van der Waals surface area contributed by atoms with E-state index in [1.54, 1.807) is 0 Å². The van der Waals surface area contributed by atoms with E-state index >= 15 is 0 Å². The van der Waals surface area contributed by atoms with Gasteiger partial charge in [0, 0.05) is 25.5 Å². The number of benzene rings is 1. The maximum atomic E-state index is 13.0. The Morgan fingerprint density at radius 2 is 1.71 bits per heavy atom. The lowest BCUT2D eigenvalue weighted by molar-refractivity contribution is 0.415. The number of methoxy groups -OCH3 is 1. The quantitative estimate of drug-likeness (QED) is 0.762. The van der Waals surface area contributed by atoms with Crippen LogP contribution in [0.15, 0.2) is 52.5 Å². The monoisotopic (exact) mass is 425 g/mol. The summed E-state index contributed by atoms with van der Waals surface area (Å²) < 4.78 is 60.3. The highest BCUT2D eigenvalue weighted by Crippen LogP contribution is 2.31. The average molecular weight is 426 g/mol. The zero-order valence-electron chi connectivity index (χ0n) is 15.5. The molecular formula is C18H23N3O5S2. The van der Waals surface area contributed by atoms with Crippen LogP contribution in [0.5, 0.6) is 5.75 Å². The van der Waals surface area contributed by atoms with E-state index in [0.717, 1.165) is 25.7 Å². The van der Waals surface area contributed by atoms with Gasteiger partial charge in [-0.05, 0) is 43.2 Å². The normalized spacial score (nSPS) is 16.3. The first kappa shape index (κ1) is 20.6. The van der Waals surface area contributed by atoms with E-state index in [0.29, 0.717) is 13.1 Å². The lowest BCUT2D eigenvalue weighted by Gasteiger charge is -2.21. The average Bonchev–Trinajstić information content (AvgIpc) is 2.98. The Kier molecular flexibility index (Phi) is 6.21. The van der Waals surface area contributed by atoms with Crippen molar-refractivity contribution in [2.24, 2.45) is 0 Å². The summed E-state index contributed by atoms with van der Waals surface area (Å²) >= 11 is 0. The van der Waals surface area contributed by atoms with Crippen LogP contribution in [0, 0.1) is 0 Å². The van der Waals surface area contributed by atoms with Crippen molar-refractivity contribution >= 4 is 25.7 Å². The number of sulfonamides is 2. The number of aromatic nitrogens is 1. The molecule has 10 heteroatoms. The Morgan fingerprint density at radius 1 is 1.00 bits per heavy atom. The molecule has 0 radical (unpaired) electrons. The Labute approximate surface area is 165 Å². The van der Waals surface area contributed by atoms with Gasteiger partial charge in [-0.3, -0.25) is 9.71 Å². The Hall–Kier alpha value is -2.17. The van der Waals surface area contributed by atoms with Crippen LogP contribution in [0.1, 0.15) is 25.7 Å². The minimum absolute atomic E-state index is 0.0269. The number of hydrogen-bond acceptors (Lipinski definition) is 6. The van der Waals surface area contributed by atoms with Crippen LogP contribution >= 0.6 is 0 Å². The summed E-state index contributed by atoms with van der Waals surface area (Å²) in [5.74, 6) is 0.224. The van der Waals surface area contributed by atoms with Crippen molar-refractivity contribution in [3.63, 3.8) is 0 Å². The SMILES string of the molecule is COc1ccc(S(=O)(=O)N2CCCCCC2)cc1NS(=O)(=O)c1cccnc1. The largest absolute Gasteiger partial charge is 0.495 e. The summed E-state index contributed by atoms with van der Waals surface area (Å²) in [7, 11) is -6.27. The molecule has 1 N–H and O–H groups in total. The number of hydrogen-bond donors (Lipinski definition) is 1. The van der Waals surface area contributed by atoms with Crippen molar-refractivity contribution in [2.75, 3.05) is 24.9 Å². The highest BCUT2D eigenvalue weighted by atomic mass is 32.2. The highest BCUT2D eigenvalue weighted by Gasteiger charge is 2.27. The van der Waals surface area contributed by atoms with Crippen LogP contribution in [0.25, 0.3) is 0 Å². The van der Waals surface area contributed by atoms with Gasteiger partial charge in [0.1, 0.15) is 10.6 Å². The maximum Gasteiger partial charge on any atom is 0.263 e. The van der Waals surface area contributed by atoms with Crippen LogP contribution < -0.4 is 9.46 Å². The topological polar surface area (TPSA) is 106 Å². The van der Waals surface area contributed by atoms with E-state index in [4.69, 9.17) is 4.74 Å². The molecule has 1 saturated heterocycles. The van der Waals surface area contributed by atoms with Gasteiger partial charge in [-0.25, -0.2) is 16.8 Å². The fraction of sp³-hybridized carbons (Fsp3) is 0.389. The lowest BCUT2D eigenvalue weighted by Crippen LogP contribution is -2.32. The summed E-state index contributed by atoms with van der Waals surface area (Å²) in [6.45, 7) is 0.927. The molecule has 3 rings (SSSR count). The van der Waals surface area contributed by atoms with Crippen molar-refractivity contribution < 1.29 is 21.6 Å². The van der Waals surface area contributed by atoms with E-state index in [-0.39, 0.29) is 21.2 Å². The number of ether oxygens (including phenoxy) is 1.